The van der Waals surface area contributed by atoms with Crippen molar-refractivity contribution < 1.29 is 0 Å². The van der Waals surface area contributed by atoms with Crippen LogP contribution in [0.2, 0.25) is 0 Å². The van der Waals surface area contributed by atoms with Crippen molar-refractivity contribution in [1.82, 2.24) is 5.01 Å². The van der Waals surface area contributed by atoms with Gasteiger partial charge in [-0.3, -0.25) is 5.01 Å². The first-order chi connectivity index (χ1) is 5.09. The molecule has 0 saturated heterocycles. The van der Waals surface area contributed by atoms with E-state index in [9.17, 15) is 0 Å². The summed E-state index contributed by atoms with van der Waals surface area (Å²) in [5, 5.41) is 6.27. The van der Waals surface area contributed by atoms with Crippen LogP contribution in [0.15, 0.2) is 17.8 Å². The maximum Gasteiger partial charge on any atom is 0.0464 e. The van der Waals surface area contributed by atoms with Crippen molar-refractivity contribution in [3.8, 4) is 0 Å². The second-order valence-electron chi connectivity index (χ2n) is 3.07. The van der Waals surface area contributed by atoms with Gasteiger partial charge in [0.15, 0.2) is 0 Å². The average molecular weight is 154 g/mol. The van der Waals surface area contributed by atoms with Crippen LogP contribution in [0.4, 0.5) is 0 Å². The first-order valence-electron chi connectivity index (χ1n) is 4.03. The van der Waals surface area contributed by atoms with E-state index in [-0.39, 0.29) is 0 Å². The van der Waals surface area contributed by atoms with E-state index in [1.54, 1.807) is 12.3 Å². The van der Waals surface area contributed by atoms with Crippen LogP contribution in [0.5, 0.6) is 0 Å². The van der Waals surface area contributed by atoms with Gasteiger partial charge in [0.25, 0.3) is 0 Å². The number of hydrogen-bond donors (Lipinski definition) is 0. The van der Waals surface area contributed by atoms with Crippen LogP contribution >= 0.6 is 0 Å². The molecule has 0 aliphatic heterocycles. The van der Waals surface area contributed by atoms with Gasteiger partial charge in [0.2, 0.25) is 0 Å². The van der Waals surface area contributed by atoms with Crippen molar-refractivity contribution in [2.75, 3.05) is 0 Å². The van der Waals surface area contributed by atoms with E-state index < -0.39 is 0 Å². The summed E-state index contributed by atoms with van der Waals surface area (Å²) in [6.07, 6.45) is 3.41. The third-order valence-electron chi connectivity index (χ3n) is 1.36. The zero-order valence-corrected chi connectivity index (χ0v) is 7.91. The van der Waals surface area contributed by atoms with Crippen LogP contribution in [0.25, 0.3) is 0 Å². The van der Waals surface area contributed by atoms with Crippen molar-refractivity contribution >= 4 is 6.21 Å². The third-order valence-corrected chi connectivity index (χ3v) is 1.36. The van der Waals surface area contributed by atoms with E-state index in [4.69, 9.17) is 0 Å². The van der Waals surface area contributed by atoms with Gasteiger partial charge < -0.3 is 0 Å². The molecule has 0 radical (unpaired) electrons. The second-order valence-corrected chi connectivity index (χ2v) is 3.07. The Kier molecular flexibility index (Phi) is 4.59. The number of hydrazone groups is 1. The van der Waals surface area contributed by atoms with E-state index in [0.29, 0.717) is 12.1 Å². The molecule has 11 heavy (non-hydrogen) atoms. The molecule has 0 spiro atoms. The zero-order valence-electron chi connectivity index (χ0n) is 7.91. The molecule has 0 fully saturated rings. The SMILES string of the molecule is C=CC=NN(C(C)C)C(C)C. The Morgan fingerprint density at radius 1 is 1.18 bits per heavy atom. The molecule has 0 bridgehead atoms. The van der Waals surface area contributed by atoms with Crippen LogP contribution in [0, 0.1) is 0 Å². The van der Waals surface area contributed by atoms with E-state index in [1.165, 1.54) is 0 Å². The first-order valence-corrected chi connectivity index (χ1v) is 4.03. The van der Waals surface area contributed by atoms with Crippen LogP contribution in [-0.2, 0) is 0 Å². The molecule has 0 aromatic heterocycles. The Morgan fingerprint density at radius 3 is 1.91 bits per heavy atom. The molecular formula is C9H18N2. The molecule has 0 aliphatic rings. The van der Waals surface area contributed by atoms with Crippen LogP contribution < -0.4 is 0 Å². The first kappa shape index (κ1) is 10.2. The molecule has 0 amide bonds. The van der Waals surface area contributed by atoms with Gasteiger partial charge in [-0.05, 0) is 33.8 Å². The quantitative estimate of drug-likeness (QED) is 0.448. The van der Waals surface area contributed by atoms with Crippen LogP contribution in [0.1, 0.15) is 27.7 Å². The lowest BCUT2D eigenvalue weighted by Crippen LogP contribution is -2.32. The molecule has 0 aromatic carbocycles. The molecule has 0 atom stereocenters. The Morgan fingerprint density at radius 2 is 1.64 bits per heavy atom. The molecule has 2 nitrogen and oxygen atoms in total. The number of rotatable bonds is 4. The van der Waals surface area contributed by atoms with Crippen molar-refractivity contribution in [2.45, 2.75) is 39.8 Å². The summed E-state index contributed by atoms with van der Waals surface area (Å²) in [4.78, 5) is 0. The Hall–Kier alpha value is -0.790. The van der Waals surface area contributed by atoms with Gasteiger partial charge in [0.05, 0.1) is 0 Å². The maximum absolute atomic E-state index is 4.23. The maximum atomic E-state index is 4.23. The van der Waals surface area contributed by atoms with Gasteiger partial charge in [0.1, 0.15) is 0 Å². The summed E-state index contributed by atoms with van der Waals surface area (Å²) in [7, 11) is 0. The molecule has 0 saturated carbocycles. The lowest BCUT2D eigenvalue weighted by Gasteiger charge is -2.27. The predicted molar refractivity (Wildman–Crippen MR) is 50.8 cm³/mol. The average Bonchev–Trinajstić information content (AvgIpc) is 1.87. The van der Waals surface area contributed by atoms with Crippen LogP contribution in [0.3, 0.4) is 0 Å². The fourth-order valence-electron chi connectivity index (χ4n) is 0.987. The van der Waals surface area contributed by atoms with Crippen molar-refractivity contribution in [3.05, 3.63) is 12.7 Å². The van der Waals surface area contributed by atoms with E-state index in [2.05, 4.69) is 39.4 Å². The molecule has 2 heteroatoms. The number of hydrogen-bond acceptors (Lipinski definition) is 2. The molecule has 0 rings (SSSR count). The van der Waals surface area contributed by atoms with Gasteiger partial charge in [-0.25, -0.2) is 0 Å². The highest BCUT2D eigenvalue weighted by atomic mass is 15.5. The minimum atomic E-state index is 0.450. The third kappa shape index (κ3) is 3.81. The molecular weight excluding hydrogens is 136 g/mol. The largest absolute Gasteiger partial charge is 0.292 e. The minimum Gasteiger partial charge on any atom is -0.292 e. The Bertz CT molecular complexity index is 128. The van der Waals surface area contributed by atoms with Gasteiger partial charge in [-0.2, -0.15) is 5.10 Å². The summed E-state index contributed by atoms with van der Waals surface area (Å²) in [5.41, 5.74) is 0. The van der Waals surface area contributed by atoms with Crippen LogP contribution in [-0.4, -0.2) is 23.3 Å². The summed E-state index contributed by atoms with van der Waals surface area (Å²) >= 11 is 0. The molecule has 0 N–H and O–H groups in total. The highest BCUT2D eigenvalue weighted by Crippen LogP contribution is 2.04. The van der Waals surface area contributed by atoms with Gasteiger partial charge >= 0.3 is 0 Å². The fraction of sp³-hybridized carbons (Fsp3) is 0.667. The summed E-state index contributed by atoms with van der Waals surface area (Å²) in [5.74, 6) is 0. The lowest BCUT2D eigenvalue weighted by atomic mass is 10.3. The second kappa shape index (κ2) is 4.94. The fourth-order valence-corrected chi connectivity index (χ4v) is 0.987. The Labute approximate surface area is 69.6 Å². The standard InChI is InChI=1S/C9H18N2/c1-6-7-10-11(8(2)3)9(4)5/h6-9H,1H2,2-5H3. The van der Waals surface area contributed by atoms with Gasteiger partial charge in [-0.1, -0.05) is 6.58 Å². The predicted octanol–water partition coefficient (Wildman–Crippen LogP) is 2.28. The molecule has 64 valence electrons. The van der Waals surface area contributed by atoms with E-state index >= 15 is 0 Å². The van der Waals surface area contributed by atoms with E-state index in [1.807, 2.05) is 5.01 Å². The highest BCUT2D eigenvalue weighted by molar-refractivity contribution is 5.69. The molecule has 0 unspecified atom stereocenters. The molecule has 0 heterocycles. The summed E-state index contributed by atoms with van der Waals surface area (Å²) < 4.78 is 0. The minimum absolute atomic E-state index is 0.450. The number of allylic oxidation sites excluding steroid dienone is 1. The van der Waals surface area contributed by atoms with Gasteiger partial charge in [-0.15, -0.1) is 0 Å². The summed E-state index contributed by atoms with van der Waals surface area (Å²) in [6, 6.07) is 0.900. The summed E-state index contributed by atoms with van der Waals surface area (Å²) in [6.45, 7) is 12.1. The molecule has 0 aromatic rings. The monoisotopic (exact) mass is 154 g/mol. The topological polar surface area (TPSA) is 15.6 Å². The smallest absolute Gasteiger partial charge is 0.0464 e. The van der Waals surface area contributed by atoms with Crippen molar-refractivity contribution in [1.29, 1.82) is 0 Å². The number of nitrogens with zero attached hydrogens (tertiary/aromatic N) is 2. The highest BCUT2D eigenvalue weighted by Gasteiger charge is 2.08. The van der Waals surface area contributed by atoms with E-state index in [0.717, 1.165) is 0 Å². The van der Waals surface area contributed by atoms with Crippen molar-refractivity contribution in [3.63, 3.8) is 0 Å². The lowest BCUT2D eigenvalue weighted by molar-refractivity contribution is 0.185. The van der Waals surface area contributed by atoms with Crippen molar-refractivity contribution in [2.24, 2.45) is 5.10 Å². The normalized spacial score (nSPS) is 11.5. The zero-order chi connectivity index (χ0) is 8.85. The van der Waals surface area contributed by atoms with Gasteiger partial charge in [0, 0.05) is 18.3 Å². The molecule has 0 aliphatic carbocycles. The Balaban J connectivity index is 4.10.